The smallest absolute Gasteiger partial charge is 0.221 e. The van der Waals surface area contributed by atoms with E-state index in [-0.39, 0.29) is 23.3 Å². The molecule has 174 valence electrons. The van der Waals surface area contributed by atoms with Crippen molar-refractivity contribution >= 4 is 43.8 Å². The molecule has 0 spiro atoms. The van der Waals surface area contributed by atoms with E-state index in [9.17, 15) is 13.2 Å². The van der Waals surface area contributed by atoms with Crippen molar-refractivity contribution in [2.45, 2.75) is 49.3 Å². The zero-order valence-corrected chi connectivity index (χ0v) is 20.4. The second-order valence-electron chi connectivity index (χ2n) is 8.72. The number of hydrogen-bond donors (Lipinski definition) is 1. The number of pyridine rings is 1. The van der Waals surface area contributed by atoms with Crippen molar-refractivity contribution in [1.29, 1.82) is 0 Å². The van der Waals surface area contributed by atoms with Crippen LogP contribution in [-0.4, -0.2) is 43.7 Å². The van der Waals surface area contributed by atoms with Crippen LogP contribution in [0.15, 0.2) is 59.6 Å². The van der Waals surface area contributed by atoms with E-state index < -0.39 is 15.1 Å². The first kappa shape index (κ1) is 23.5. The number of aromatic nitrogens is 1. The molecular formula is C25H28ClN3O3S. The highest BCUT2D eigenvalue weighted by Crippen LogP contribution is 2.26. The quantitative estimate of drug-likeness (QED) is 0.554. The van der Waals surface area contributed by atoms with Gasteiger partial charge in [-0.25, -0.2) is 8.42 Å². The van der Waals surface area contributed by atoms with E-state index >= 15 is 0 Å². The van der Waals surface area contributed by atoms with Gasteiger partial charge < -0.3 is 10.2 Å². The van der Waals surface area contributed by atoms with Crippen LogP contribution in [0.25, 0.3) is 10.8 Å². The van der Waals surface area contributed by atoms with E-state index in [0.29, 0.717) is 11.6 Å². The van der Waals surface area contributed by atoms with Gasteiger partial charge in [0, 0.05) is 48.2 Å². The first-order chi connectivity index (χ1) is 15.7. The van der Waals surface area contributed by atoms with E-state index in [0.717, 1.165) is 41.5 Å². The fraction of sp³-hybridized carbons (Fsp3) is 0.360. The summed E-state index contributed by atoms with van der Waals surface area (Å²) in [6.07, 6.45) is 3.55. The van der Waals surface area contributed by atoms with Crippen molar-refractivity contribution in [2.24, 2.45) is 0 Å². The van der Waals surface area contributed by atoms with E-state index in [4.69, 9.17) is 11.6 Å². The molecule has 2 heterocycles. The van der Waals surface area contributed by atoms with Crippen LogP contribution in [-0.2, 0) is 14.6 Å². The van der Waals surface area contributed by atoms with Gasteiger partial charge in [-0.2, -0.15) is 0 Å². The molecule has 1 aliphatic heterocycles. The van der Waals surface area contributed by atoms with E-state index in [2.05, 4.69) is 15.2 Å². The van der Waals surface area contributed by atoms with Gasteiger partial charge in [-0.3, -0.25) is 9.78 Å². The maximum absolute atomic E-state index is 13.1. The van der Waals surface area contributed by atoms with Gasteiger partial charge in [0.1, 0.15) is 0 Å². The Labute approximate surface area is 199 Å². The molecular weight excluding hydrogens is 458 g/mol. The normalized spacial score (nSPS) is 17.7. The topological polar surface area (TPSA) is 79.4 Å². The number of piperidine rings is 1. The SMILES string of the molecule is Cc1cc(N2CCCC(NC(=O)CC(C)S(=O)(=O)c3ccc4cc(Cl)ccc4c3)C2)ccn1. The van der Waals surface area contributed by atoms with Gasteiger partial charge >= 0.3 is 0 Å². The molecule has 0 bridgehead atoms. The lowest BCUT2D eigenvalue weighted by molar-refractivity contribution is -0.121. The van der Waals surface area contributed by atoms with Crippen molar-refractivity contribution in [3.8, 4) is 0 Å². The second kappa shape index (κ2) is 9.69. The summed E-state index contributed by atoms with van der Waals surface area (Å²) in [5.41, 5.74) is 2.05. The summed E-state index contributed by atoms with van der Waals surface area (Å²) in [7, 11) is -3.65. The number of hydrogen-bond acceptors (Lipinski definition) is 5. The van der Waals surface area contributed by atoms with Gasteiger partial charge in [-0.15, -0.1) is 0 Å². The summed E-state index contributed by atoms with van der Waals surface area (Å²) in [6.45, 7) is 5.17. The van der Waals surface area contributed by atoms with Gasteiger partial charge in [0.2, 0.25) is 5.91 Å². The predicted octanol–water partition coefficient (Wildman–Crippen LogP) is 4.53. The van der Waals surface area contributed by atoms with Gasteiger partial charge in [-0.05, 0) is 73.9 Å². The van der Waals surface area contributed by atoms with Gasteiger partial charge in [0.25, 0.3) is 0 Å². The number of benzene rings is 2. The minimum absolute atomic E-state index is 0.0138. The van der Waals surface area contributed by atoms with Crippen molar-refractivity contribution in [2.75, 3.05) is 18.0 Å². The van der Waals surface area contributed by atoms with Gasteiger partial charge in [0.15, 0.2) is 9.84 Å². The molecule has 1 N–H and O–H groups in total. The van der Waals surface area contributed by atoms with E-state index in [1.807, 2.05) is 19.1 Å². The third kappa shape index (κ3) is 5.47. The molecule has 1 amide bonds. The third-order valence-corrected chi connectivity index (χ3v) is 8.51. The Hall–Kier alpha value is -2.64. The number of anilines is 1. The standard InChI is InChI=1S/C25H28ClN3O3S/c1-17-12-23(9-10-27-17)29-11-3-4-22(16-29)28-25(30)13-18(2)33(31,32)24-8-6-19-14-21(26)7-5-20(19)15-24/h5-10,12,14-15,18,22H,3-4,11,13,16H2,1-2H3,(H,28,30). The van der Waals surface area contributed by atoms with Crippen LogP contribution in [0.3, 0.4) is 0 Å². The highest BCUT2D eigenvalue weighted by Gasteiger charge is 2.28. The molecule has 6 nitrogen and oxygen atoms in total. The average Bonchev–Trinajstić information content (AvgIpc) is 2.78. The summed E-state index contributed by atoms with van der Waals surface area (Å²) in [6, 6.07) is 14.3. The molecule has 1 saturated heterocycles. The summed E-state index contributed by atoms with van der Waals surface area (Å²) < 4.78 is 26.2. The van der Waals surface area contributed by atoms with Crippen LogP contribution < -0.4 is 10.2 Å². The number of rotatable bonds is 6. The Morgan fingerprint density at radius 2 is 1.94 bits per heavy atom. The molecule has 0 saturated carbocycles. The molecule has 0 radical (unpaired) electrons. The first-order valence-corrected chi connectivity index (χ1v) is 13.0. The minimum Gasteiger partial charge on any atom is -0.369 e. The molecule has 0 aliphatic carbocycles. The highest BCUT2D eigenvalue weighted by atomic mass is 35.5. The van der Waals surface area contributed by atoms with Gasteiger partial charge in [0.05, 0.1) is 10.1 Å². The molecule has 2 aromatic carbocycles. The zero-order valence-electron chi connectivity index (χ0n) is 18.8. The number of nitrogens with zero attached hydrogens (tertiary/aromatic N) is 2. The maximum Gasteiger partial charge on any atom is 0.221 e. The van der Waals surface area contributed by atoms with Crippen LogP contribution in [0.2, 0.25) is 5.02 Å². The number of carbonyl (C=O) groups is 1. The Kier molecular flexibility index (Phi) is 6.91. The fourth-order valence-corrected chi connectivity index (χ4v) is 5.88. The van der Waals surface area contributed by atoms with E-state index in [1.165, 1.54) is 0 Å². The Bertz CT molecular complexity index is 1280. The molecule has 2 atom stereocenters. The molecule has 4 rings (SSSR count). The number of sulfone groups is 1. The van der Waals surface area contributed by atoms with E-state index in [1.54, 1.807) is 49.5 Å². The average molecular weight is 486 g/mol. The molecule has 33 heavy (non-hydrogen) atoms. The maximum atomic E-state index is 13.1. The number of amides is 1. The monoisotopic (exact) mass is 485 g/mol. The fourth-order valence-electron chi connectivity index (χ4n) is 4.32. The number of aryl methyl sites for hydroxylation is 1. The van der Waals surface area contributed by atoms with Crippen molar-refractivity contribution in [3.63, 3.8) is 0 Å². The van der Waals surface area contributed by atoms with Crippen LogP contribution in [0, 0.1) is 6.92 Å². The Morgan fingerprint density at radius 1 is 1.18 bits per heavy atom. The van der Waals surface area contributed by atoms with Crippen molar-refractivity contribution in [1.82, 2.24) is 10.3 Å². The second-order valence-corrected chi connectivity index (χ2v) is 11.5. The minimum atomic E-state index is -3.65. The Morgan fingerprint density at radius 3 is 2.73 bits per heavy atom. The summed E-state index contributed by atoms with van der Waals surface area (Å²) in [5, 5.41) is 4.49. The molecule has 1 aromatic heterocycles. The zero-order chi connectivity index (χ0) is 23.6. The summed E-state index contributed by atoms with van der Waals surface area (Å²) in [4.78, 5) is 19.4. The lowest BCUT2D eigenvalue weighted by Crippen LogP contribution is -2.48. The predicted molar refractivity (Wildman–Crippen MR) is 133 cm³/mol. The summed E-state index contributed by atoms with van der Waals surface area (Å²) in [5.74, 6) is -0.239. The Balaban J connectivity index is 1.40. The number of fused-ring (bicyclic) bond motifs is 1. The molecule has 1 aliphatic rings. The van der Waals surface area contributed by atoms with Crippen molar-refractivity contribution in [3.05, 3.63) is 65.4 Å². The third-order valence-electron chi connectivity index (χ3n) is 6.14. The largest absolute Gasteiger partial charge is 0.369 e. The van der Waals surface area contributed by atoms with Crippen LogP contribution in [0.5, 0.6) is 0 Å². The summed E-state index contributed by atoms with van der Waals surface area (Å²) >= 11 is 6.02. The van der Waals surface area contributed by atoms with Crippen LogP contribution in [0.1, 0.15) is 31.9 Å². The first-order valence-electron chi connectivity index (χ1n) is 11.1. The molecule has 1 fully saturated rings. The molecule has 8 heteroatoms. The van der Waals surface area contributed by atoms with Crippen LogP contribution >= 0.6 is 11.6 Å². The lowest BCUT2D eigenvalue weighted by Gasteiger charge is -2.35. The highest BCUT2D eigenvalue weighted by molar-refractivity contribution is 7.92. The number of carbonyl (C=O) groups excluding carboxylic acids is 1. The molecule has 3 aromatic rings. The number of halogens is 1. The van der Waals surface area contributed by atoms with Gasteiger partial charge in [-0.1, -0.05) is 23.7 Å². The van der Waals surface area contributed by atoms with Crippen molar-refractivity contribution < 1.29 is 13.2 Å². The molecule has 2 unspecified atom stereocenters. The number of nitrogens with one attached hydrogen (secondary N) is 1. The lowest BCUT2D eigenvalue weighted by atomic mass is 10.0. The van der Waals surface area contributed by atoms with Crippen LogP contribution in [0.4, 0.5) is 5.69 Å².